The Morgan fingerprint density at radius 3 is 2.89 bits per heavy atom. The molecule has 6 heteroatoms. The lowest BCUT2D eigenvalue weighted by molar-refractivity contribution is 1.08. The van der Waals surface area contributed by atoms with Crippen LogP contribution in [-0.4, -0.2) is 14.5 Å². The molecule has 2 aromatic heterocycles. The van der Waals surface area contributed by atoms with Crippen LogP contribution in [0.15, 0.2) is 36.5 Å². The van der Waals surface area contributed by atoms with E-state index in [2.05, 4.69) is 32.6 Å². The first-order valence-corrected chi connectivity index (χ1v) is 6.67. The Hall–Kier alpha value is -1.34. The van der Waals surface area contributed by atoms with Crippen molar-refractivity contribution in [1.82, 2.24) is 14.5 Å². The molecule has 0 bridgehead atoms. The minimum absolute atomic E-state index is 0.420. The van der Waals surface area contributed by atoms with Crippen LogP contribution in [-0.2, 0) is 0 Å². The standard InChI is InChI=1S/C12H8ClIN4/c13-7-3-4-10(8(14)6-7)18-11-9(17-12(18)15)2-1-5-16-11/h1-6H,(H2,15,17). The first-order chi connectivity index (χ1) is 8.66. The second-order valence-electron chi connectivity index (χ2n) is 3.75. The minimum Gasteiger partial charge on any atom is -0.369 e. The normalized spacial score (nSPS) is 11.0. The van der Waals surface area contributed by atoms with Gasteiger partial charge in [-0.1, -0.05) is 11.6 Å². The fourth-order valence-electron chi connectivity index (χ4n) is 1.83. The fourth-order valence-corrected chi connectivity index (χ4v) is 2.94. The van der Waals surface area contributed by atoms with Crippen molar-refractivity contribution < 1.29 is 0 Å². The van der Waals surface area contributed by atoms with Crippen LogP contribution in [0, 0.1) is 3.57 Å². The Labute approximate surface area is 122 Å². The Balaban J connectivity index is 2.34. The molecule has 0 aliphatic carbocycles. The van der Waals surface area contributed by atoms with Gasteiger partial charge in [-0.15, -0.1) is 0 Å². The quantitative estimate of drug-likeness (QED) is 0.669. The summed E-state index contributed by atoms with van der Waals surface area (Å²) in [5, 5.41) is 0.694. The predicted octanol–water partition coefficient (Wildman–Crippen LogP) is 3.26. The summed E-state index contributed by atoms with van der Waals surface area (Å²) in [4.78, 5) is 8.62. The molecular formula is C12H8ClIN4. The zero-order valence-corrected chi connectivity index (χ0v) is 12.1. The predicted molar refractivity (Wildman–Crippen MR) is 81.0 cm³/mol. The molecule has 0 fully saturated rings. The van der Waals surface area contributed by atoms with Crippen molar-refractivity contribution in [3.8, 4) is 5.69 Å². The first kappa shape index (κ1) is 11.7. The van der Waals surface area contributed by atoms with Gasteiger partial charge in [0.2, 0.25) is 5.95 Å². The van der Waals surface area contributed by atoms with Crippen LogP contribution in [0.2, 0.25) is 5.02 Å². The number of imidazole rings is 1. The van der Waals surface area contributed by atoms with Gasteiger partial charge >= 0.3 is 0 Å². The lowest BCUT2D eigenvalue weighted by Gasteiger charge is -2.08. The third kappa shape index (κ3) is 1.83. The molecule has 1 aromatic carbocycles. The van der Waals surface area contributed by atoms with E-state index in [1.54, 1.807) is 6.20 Å². The second-order valence-corrected chi connectivity index (χ2v) is 5.35. The lowest BCUT2D eigenvalue weighted by Crippen LogP contribution is -2.03. The number of aromatic nitrogens is 3. The van der Waals surface area contributed by atoms with Crippen molar-refractivity contribution >= 4 is 51.3 Å². The van der Waals surface area contributed by atoms with E-state index in [-0.39, 0.29) is 0 Å². The van der Waals surface area contributed by atoms with Crippen molar-refractivity contribution in [2.45, 2.75) is 0 Å². The van der Waals surface area contributed by atoms with Crippen molar-refractivity contribution in [2.75, 3.05) is 5.73 Å². The molecule has 3 rings (SSSR count). The van der Waals surface area contributed by atoms with E-state index < -0.39 is 0 Å². The van der Waals surface area contributed by atoms with Crippen LogP contribution in [0.4, 0.5) is 5.95 Å². The highest BCUT2D eigenvalue weighted by Crippen LogP contribution is 2.26. The molecule has 2 N–H and O–H groups in total. The van der Waals surface area contributed by atoms with Gasteiger partial charge in [-0.2, -0.15) is 0 Å². The van der Waals surface area contributed by atoms with Crippen molar-refractivity contribution in [1.29, 1.82) is 0 Å². The zero-order chi connectivity index (χ0) is 12.7. The number of fused-ring (bicyclic) bond motifs is 1. The van der Waals surface area contributed by atoms with Gasteiger partial charge in [-0.3, -0.25) is 4.57 Å². The smallest absolute Gasteiger partial charge is 0.207 e. The third-order valence-corrected chi connectivity index (χ3v) is 3.69. The Bertz CT molecular complexity index is 738. The summed E-state index contributed by atoms with van der Waals surface area (Å²) >= 11 is 8.18. The number of hydrogen-bond acceptors (Lipinski definition) is 3. The van der Waals surface area contributed by atoms with Crippen molar-refractivity contribution in [3.05, 3.63) is 45.1 Å². The molecular weight excluding hydrogens is 363 g/mol. The van der Waals surface area contributed by atoms with E-state index in [1.165, 1.54) is 0 Å². The molecule has 0 unspecified atom stereocenters. The molecule has 90 valence electrons. The average molecular weight is 371 g/mol. The molecule has 0 aliphatic heterocycles. The van der Waals surface area contributed by atoms with Crippen LogP contribution in [0.3, 0.4) is 0 Å². The van der Waals surface area contributed by atoms with Crippen LogP contribution >= 0.6 is 34.2 Å². The number of nitrogens with two attached hydrogens (primary N) is 1. The summed E-state index contributed by atoms with van der Waals surface area (Å²) in [5.41, 5.74) is 8.42. The second kappa shape index (κ2) is 4.40. The number of halogens is 2. The molecule has 18 heavy (non-hydrogen) atoms. The van der Waals surface area contributed by atoms with E-state index >= 15 is 0 Å². The third-order valence-electron chi connectivity index (χ3n) is 2.59. The van der Waals surface area contributed by atoms with Crippen molar-refractivity contribution in [2.24, 2.45) is 0 Å². The van der Waals surface area contributed by atoms with Gasteiger partial charge < -0.3 is 5.73 Å². The van der Waals surface area contributed by atoms with Gasteiger partial charge in [0.25, 0.3) is 0 Å². The maximum atomic E-state index is 5.97. The summed E-state index contributed by atoms with van der Waals surface area (Å²) < 4.78 is 2.82. The van der Waals surface area contributed by atoms with Gasteiger partial charge in [0.05, 0.1) is 5.69 Å². The Kier molecular flexibility index (Phi) is 2.87. The highest BCUT2D eigenvalue weighted by Gasteiger charge is 2.13. The fraction of sp³-hybridized carbons (Fsp3) is 0. The maximum absolute atomic E-state index is 5.97. The monoisotopic (exact) mass is 370 g/mol. The summed E-state index contributed by atoms with van der Waals surface area (Å²) in [7, 11) is 0. The lowest BCUT2D eigenvalue weighted by atomic mass is 10.3. The van der Waals surface area contributed by atoms with Gasteiger partial charge in [-0.25, -0.2) is 9.97 Å². The number of benzene rings is 1. The minimum atomic E-state index is 0.420. The molecule has 0 radical (unpaired) electrons. The van der Waals surface area contributed by atoms with Crippen LogP contribution in [0.25, 0.3) is 16.9 Å². The summed E-state index contributed by atoms with van der Waals surface area (Å²) in [6, 6.07) is 9.35. The molecule has 0 atom stereocenters. The number of nitrogen functional groups attached to an aromatic ring is 1. The molecule has 0 amide bonds. The molecule has 3 aromatic rings. The molecule has 4 nitrogen and oxygen atoms in total. The molecule has 0 saturated carbocycles. The summed E-state index contributed by atoms with van der Waals surface area (Å²) in [6.07, 6.45) is 1.72. The number of anilines is 1. The largest absolute Gasteiger partial charge is 0.369 e. The number of rotatable bonds is 1. The van der Waals surface area contributed by atoms with Gasteiger partial charge in [-0.05, 0) is 52.9 Å². The summed E-state index contributed by atoms with van der Waals surface area (Å²) in [6.45, 7) is 0. The number of hydrogen-bond donors (Lipinski definition) is 1. The Morgan fingerprint density at radius 1 is 1.28 bits per heavy atom. The van der Waals surface area contributed by atoms with E-state index in [1.807, 2.05) is 34.9 Å². The molecule has 0 aliphatic rings. The van der Waals surface area contributed by atoms with Gasteiger partial charge in [0.15, 0.2) is 5.65 Å². The Morgan fingerprint density at radius 2 is 2.11 bits per heavy atom. The molecule has 0 spiro atoms. The number of nitrogens with zero attached hydrogens (tertiary/aromatic N) is 3. The topological polar surface area (TPSA) is 56.7 Å². The van der Waals surface area contributed by atoms with Crippen LogP contribution in [0.1, 0.15) is 0 Å². The summed E-state index contributed by atoms with van der Waals surface area (Å²) in [5.74, 6) is 0.420. The van der Waals surface area contributed by atoms with Gasteiger partial charge in [0.1, 0.15) is 5.52 Å². The van der Waals surface area contributed by atoms with Crippen molar-refractivity contribution in [3.63, 3.8) is 0 Å². The number of pyridine rings is 1. The van der Waals surface area contributed by atoms with Crippen LogP contribution in [0.5, 0.6) is 0 Å². The maximum Gasteiger partial charge on any atom is 0.207 e. The van der Waals surface area contributed by atoms with E-state index in [9.17, 15) is 0 Å². The van der Waals surface area contributed by atoms with E-state index in [0.29, 0.717) is 11.0 Å². The highest BCUT2D eigenvalue weighted by molar-refractivity contribution is 14.1. The SMILES string of the molecule is Nc1nc2cccnc2n1-c1ccc(Cl)cc1I. The van der Waals surface area contributed by atoms with E-state index in [0.717, 1.165) is 20.4 Å². The average Bonchev–Trinajstić information content (AvgIpc) is 2.66. The van der Waals surface area contributed by atoms with E-state index in [4.69, 9.17) is 17.3 Å². The van der Waals surface area contributed by atoms with Crippen LogP contribution < -0.4 is 5.73 Å². The van der Waals surface area contributed by atoms with Gasteiger partial charge in [0, 0.05) is 14.8 Å². The zero-order valence-electron chi connectivity index (χ0n) is 9.14. The molecule has 0 saturated heterocycles. The first-order valence-electron chi connectivity index (χ1n) is 5.21. The highest BCUT2D eigenvalue weighted by atomic mass is 127. The molecule has 2 heterocycles.